The zero-order chi connectivity index (χ0) is 15.1. The lowest BCUT2D eigenvalue weighted by molar-refractivity contribution is -0.136. The van der Waals surface area contributed by atoms with Crippen LogP contribution in [0.25, 0.3) is 0 Å². The second-order valence-corrected chi connectivity index (χ2v) is 5.67. The van der Waals surface area contributed by atoms with Crippen molar-refractivity contribution in [3.63, 3.8) is 0 Å². The van der Waals surface area contributed by atoms with Gasteiger partial charge in [-0.1, -0.05) is 6.92 Å². The summed E-state index contributed by atoms with van der Waals surface area (Å²) in [5.74, 6) is 0.743. The average molecular weight is 295 g/mol. The molecular formula is C14H25N5O2. The number of aryl methyl sites for hydroxylation is 1. The molecule has 0 spiro atoms. The summed E-state index contributed by atoms with van der Waals surface area (Å²) >= 11 is 0. The van der Waals surface area contributed by atoms with Crippen molar-refractivity contribution in [1.82, 2.24) is 25.0 Å². The summed E-state index contributed by atoms with van der Waals surface area (Å²) < 4.78 is 1.98. The monoisotopic (exact) mass is 295 g/mol. The first-order valence-electron chi connectivity index (χ1n) is 7.70. The molecule has 7 nitrogen and oxygen atoms in total. The molecule has 1 aliphatic heterocycles. The standard InChI is InChI=1S/C14H25N5O2/c1-2-5-19-13(16-11-17-19)10-18-6-3-4-12(9-18)7-15-8-14(20)21/h11-12,15H,2-10H2,1H3,(H,20,21). The summed E-state index contributed by atoms with van der Waals surface area (Å²) in [7, 11) is 0. The number of hydrogen-bond donors (Lipinski definition) is 2. The van der Waals surface area contributed by atoms with Gasteiger partial charge in [0.2, 0.25) is 0 Å². The quantitative estimate of drug-likeness (QED) is 0.730. The van der Waals surface area contributed by atoms with Crippen molar-refractivity contribution >= 4 is 5.97 Å². The maximum absolute atomic E-state index is 10.5. The van der Waals surface area contributed by atoms with Crippen molar-refractivity contribution in [2.24, 2.45) is 5.92 Å². The Hall–Kier alpha value is -1.47. The molecule has 118 valence electrons. The average Bonchev–Trinajstić information content (AvgIpc) is 2.87. The Labute approximate surface area is 125 Å². The summed E-state index contributed by atoms with van der Waals surface area (Å²) in [4.78, 5) is 17.3. The van der Waals surface area contributed by atoms with Crippen LogP contribution in [0.1, 0.15) is 32.0 Å². The van der Waals surface area contributed by atoms with Crippen LogP contribution in [0.4, 0.5) is 0 Å². The first-order valence-corrected chi connectivity index (χ1v) is 7.70. The summed E-state index contributed by atoms with van der Waals surface area (Å²) in [6, 6.07) is 0. The summed E-state index contributed by atoms with van der Waals surface area (Å²) in [5.41, 5.74) is 0. The van der Waals surface area contributed by atoms with E-state index in [9.17, 15) is 4.79 Å². The van der Waals surface area contributed by atoms with Crippen LogP contribution in [0.15, 0.2) is 6.33 Å². The largest absolute Gasteiger partial charge is 0.480 e. The molecule has 0 bridgehead atoms. The summed E-state index contributed by atoms with van der Waals surface area (Å²) in [5, 5.41) is 15.9. The van der Waals surface area contributed by atoms with E-state index < -0.39 is 5.97 Å². The van der Waals surface area contributed by atoms with Gasteiger partial charge >= 0.3 is 5.97 Å². The van der Waals surface area contributed by atoms with Gasteiger partial charge in [-0.25, -0.2) is 9.67 Å². The molecule has 2 N–H and O–H groups in total. The molecule has 1 aliphatic rings. The number of carboxylic acid groups (broad SMARTS) is 1. The lowest BCUT2D eigenvalue weighted by Crippen LogP contribution is -2.40. The van der Waals surface area contributed by atoms with Crippen LogP contribution in [-0.4, -0.2) is 56.9 Å². The normalized spacial score (nSPS) is 19.8. The number of aromatic nitrogens is 3. The third-order valence-corrected chi connectivity index (χ3v) is 3.81. The fourth-order valence-corrected chi connectivity index (χ4v) is 2.85. The predicted molar refractivity (Wildman–Crippen MR) is 78.8 cm³/mol. The van der Waals surface area contributed by atoms with Gasteiger partial charge in [-0.15, -0.1) is 0 Å². The highest BCUT2D eigenvalue weighted by atomic mass is 16.4. The molecule has 2 rings (SSSR count). The summed E-state index contributed by atoms with van der Waals surface area (Å²) in [6.45, 7) is 6.75. The van der Waals surface area contributed by atoms with Crippen molar-refractivity contribution in [1.29, 1.82) is 0 Å². The van der Waals surface area contributed by atoms with Gasteiger partial charge in [0.1, 0.15) is 12.2 Å². The van der Waals surface area contributed by atoms with E-state index in [-0.39, 0.29) is 6.54 Å². The minimum absolute atomic E-state index is 0.0430. The molecule has 1 fully saturated rings. The highest BCUT2D eigenvalue weighted by Gasteiger charge is 2.21. The van der Waals surface area contributed by atoms with E-state index in [4.69, 9.17) is 5.11 Å². The Morgan fingerprint density at radius 3 is 3.19 bits per heavy atom. The van der Waals surface area contributed by atoms with Gasteiger partial charge in [-0.2, -0.15) is 5.10 Å². The van der Waals surface area contributed by atoms with Crippen LogP contribution < -0.4 is 5.32 Å². The zero-order valence-corrected chi connectivity index (χ0v) is 12.7. The number of likely N-dealkylation sites (tertiary alicyclic amines) is 1. The molecule has 0 amide bonds. The maximum Gasteiger partial charge on any atom is 0.317 e. The predicted octanol–water partition coefficient (Wildman–Crippen LogP) is 0.574. The Morgan fingerprint density at radius 2 is 2.43 bits per heavy atom. The molecule has 1 saturated heterocycles. The second-order valence-electron chi connectivity index (χ2n) is 5.67. The Morgan fingerprint density at radius 1 is 1.57 bits per heavy atom. The van der Waals surface area contributed by atoms with Crippen molar-refractivity contribution in [2.45, 2.75) is 39.3 Å². The third-order valence-electron chi connectivity index (χ3n) is 3.81. The molecule has 1 atom stereocenters. The van der Waals surface area contributed by atoms with Gasteiger partial charge < -0.3 is 10.4 Å². The lowest BCUT2D eigenvalue weighted by atomic mass is 9.98. The smallest absolute Gasteiger partial charge is 0.317 e. The molecule has 1 unspecified atom stereocenters. The topological polar surface area (TPSA) is 83.3 Å². The second kappa shape index (κ2) is 8.09. The molecule has 0 radical (unpaired) electrons. The number of aliphatic carboxylic acids is 1. The Bertz CT molecular complexity index is 448. The van der Waals surface area contributed by atoms with Crippen molar-refractivity contribution in [3.8, 4) is 0 Å². The van der Waals surface area contributed by atoms with Crippen LogP contribution in [0.3, 0.4) is 0 Å². The molecule has 1 aromatic heterocycles. The van der Waals surface area contributed by atoms with Crippen LogP contribution in [-0.2, 0) is 17.9 Å². The van der Waals surface area contributed by atoms with E-state index in [0.717, 1.165) is 57.8 Å². The molecule has 1 aromatic rings. The number of hydrogen-bond acceptors (Lipinski definition) is 5. The molecule has 0 saturated carbocycles. The van der Waals surface area contributed by atoms with Gasteiger partial charge in [0.25, 0.3) is 0 Å². The maximum atomic E-state index is 10.5. The molecular weight excluding hydrogens is 270 g/mol. The SMILES string of the molecule is CCCn1ncnc1CN1CCCC(CNCC(=O)O)C1. The number of carboxylic acids is 1. The van der Waals surface area contributed by atoms with Crippen molar-refractivity contribution in [2.75, 3.05) is 26.2 Å². The van der Waals surface area contributed by atoms with E-state index in [0.29, 0.717) is 5.92 Å². The fraction of sp³-hybridized carbons (Fsp3) is 0.786. The first-order chi connectivity index (χ1) is 10.2. The minimum Gasteiger partial charge on any atom is -0.480 e. The first kappa shape index (κ1) is 15.9. The van der Waals surface area contributed by atoms with E-state index >= 15 is 0 Å². The number of rotatable bonds is 8. The highest BCUT2D eigenvalue weighted by molar-refractivity contribution is 5.68. The molecule has 21 heavy (non-hydrogen) atoms. The van der Waals surface area contributed by atoms with Crippen molar-refractivity contribution < 1.29 is 9.90 Å². The molecule has 2 heterocycles. The van der Waals surface area contributed by atoms with Gasteiger partial charge in [0.15, 0.2) is 0 Å². The van der Waals surface area contributed by atoms with Gasteiger partial charge in [0.05, 0.1) is 13.1 Å². The number of nitrogens with one attached hydrogen (secondary N) is 1. The Balaban J connectivity index is 1.80. The Kier molecular flexibility index (Phi) is 6.13. The van der Waals surface area contributed by atoms with Crippen LogP contribution in [0.5, 0.6) is 0 Å². The molecule has 0 aromatic carbocycles. The van der Waals surface area contributed by atoms with Gasteiger partial charge in [-0.05, 0) is 38.3 Å². The minimum atomic E-state index is -0.796. The van der Waals surface area contributed by atoms with Crippen LogP contribution >= 0.6 is 0 Å². The van der Waals surface area contributed by atoms with Crippen molar-refractivity contribution in [3.05, 3.63) is 12.2 Å². The highest BCUT2D eigenvalue weighted by Crippen LogP contribution is 2.17. The van der Waals surface area contributed by atoms with Crippen LogP contribution in [0, 0.1) is 5.92 Å². The number of nitrogens with zero attached hydrogens (tertiary/aromatic N) is 4. The van der Waals surface area contributed by atoms with E-state index in [1.54, 1.807) is 6.33 Å². The number of piperidine rings is 1. The fourth-order valence-electron chi connectivity index (χ4n) is 2.85. The lowest BCUT2D eigenvalue weighted by Gasteiger charge is -2.32. The van der Waals surface area contributed by atoms with E-state index in [1.165, 1.54) is 0 Å². The van der Waals surface area contributed by atoms with Gasteiger partial charge in [0, 0.05) is 13.1 Å². The van der Waals surface area contributed by atoms with Crippen LogP contribution in [0.2, 0.25) is 0 Å². The summed E-state index contributed by atoms with van der Waals surface area (Å²) in [6.07, 6.45) is 4.99. The molecule has 0 aliphatic carbocycles. The van der Waals surface area contributed by atoms with E-state index in [2.05, 4.69) is 27.2 Å². The zero-order valence-electron chi connectivity index (χ0n) is 12.7. The van der Waals surface area contributed by atoms with Gasteiger partial charge in [-0.3, -0.25) is 9.69 Å². The molecule has 7 heteroatoms. The van der Waals surface area contributed by atoms with E-state index in [1.807, 2.05) is 4.68 Å². The third kappa shape index (κ3) is 5.09. The number of carbonyl (C=O) groups is 1.